The minimum Gasteiger partial charge on any atom is -0.389 e. The summed E-state index contributed by atoms with van der Waals surface area (Å²) in [6.45, 7) is 0. The van der Waals surface area contributed by atoms with E-state index < -0.39 is 6.10 Å². The number of fused-ring (bicyclic) bond motifs is 2. The van der Waals surface area contributed by atoms with E-state index in [0.717, 1.165) is 49.0 Å². The van der Waals surface area contributed by atoms with Crippen LogP contribution in [-0.2, 0) is 12.8 Å². The van der Waals surface area contributed by atoms with Gasteiger partial charge in [-0.2, -0.15) is 0 Å². The molecule has 126 valence electrons. The molecular weight excluding hydrogens is 303 g/mol. The van der Waals surface area contributed by atoms with Crippen molar-refractivity contribution in [3.63, 3.8) is 0 Å². The number of nitrogens with two attached hydrogens (primary N) is 1. The SMILES string of the molecule is NC1CCCC(N2c3ccccc3CCc3cc(F)ccc32)C1O. The Bertz CT molecular complexity index is 748. The van der Waals surface area contributed by atoms with Gasteiger partial charge in [-0.1, -0.05) is 18.2 Å². The maximum absolute atomic E-state index is 13.8. The van der Waals surface area contributed by atoms with E-state index in [-0.39, 0.29) is 17.9 Å². The van der Waals surface area contributed by atoms with Crippen LogP contribution in [0.1, 0.15) is 30.4 Å². The predicted molar refractivity (Wildman–Crippen MR) is 94.0 cm³/mol. The van der Waals surface area contributed by atoms with Crippen LogP contribution in [0.4, 0.5) is 15.8 Å². The zero-order valence-electron chi connectivity index (χ0n) is 13.7. The van der Waals surface area contributed by atoms with Crippen LogP contribution in [0.3, 0.4) is 0 Å². The molecule has 2 aromatic rings. The summed E-state index contributed by atoms with van der Waals surface area (Å²) in [6.07, 6.45) is 3.83. The molecule has 1 saturated carbocycles. The number of aliphatic hydroxyl groups excluding tert-OH is 1. The Morgan fingerprint density at radius 2 is 1.75 bits per heavy atom. The van der Waals surface area contributed by atoms with Crippen molar-refractivity contribution in [2.75, 3.05) is 4.90 Å². The number of rotatable bonds is 1. The van der Waals surface area contributed by atoms with Crippen molar-refractivity contribution in [1.29, 1.82) is 0 Å². The minimum atomic E-state index is -0.581. The molecule has 3 nitrogen and oxygen atoms in total. The number of halogens is 1. The first-order chi connectivity index (χ1) is 11.6. The largest absolute Gasteiger partial charge is 0.389 e. The molecule has 24 heavy (non-hydrogen) atoms. The van der Waals surface area contributed by atoms with E-state index in [4.69, 9.17) is 5.73 Å². The van der Waals surface area contributed by atoms with Crippen molar-refractivity contribution >= 4 is 11.4 Å². The van der Waals surface area contributed by atoms with Gasteiger partial charge >= 0.3 is 0 Å². The molecule has 2 aromatic carbocycles. The van der Waals surface area contributed by atoms with Gasteiger partial charge < -0.3 is 15.7 Å². The predicted octanol–water partition coefficient (Wildman–Crippen LogP) is 3.30. The van der Waals surface area contributed by atoms with Crippen molar-refractivity contribution in [3.05, 3.63) is 59.4 Å². The second-order valence-corrected chi connectivity index (χ2v) is 6.92. The Balaban J connectivity index is 1.87. The monoisotopic (exact) mass is 326 g/mol. The van der Waals surface area contributed by atoms with E-state index in [1.807, 2.05) is 18.2 Å². The minimum absolute atomic E-state index is 0.0720. The quantitative estimate of drug-likeness (QED) is 0.845. The molecule has 4 rings (SSSR count). The first-order valence-corrected chi connectivity index (χ1v) is 8.74. The molecule has 0 spiro atoms. The average molecular weight is 326 g/mol. The molecule has 0 saturated heterocycles. The summed E-state index contributed by atoms with van der Waals surface area (Å²) in [5.74, 6) is -0.208. The Morgan fingerprint density at radius 3 is 2.62 bits per heavy atom. The smallest absolute Gasteiger partial charge is 0.123 e. The van der Waals surface area contributed by atoms with E-state index in [9.17, 15) is 9.50 Å². The van der Waals surface area contributed by atoms with Crippen LogP contribution < -0.4 is 10.6 Å². The number of aryl methyl sites for hydroxylation is 2. The number of hydrogen-bond acceptors (Lipinski definition) is 3. The number of para-hydroxylation sites is 1. The molecule has 2 aliphatic rings. The lowest BCUT2D eigenvalue weighted by molar-refractivity contribution is 0.0878. The van der Waals surface area contributed by atoms with Crippen LogP contribution in [0.15, 0.2) is 42.5 Å². The van der Waals surface area contributed by atoms with Gasteiger partial charge in [0.05, 0.1) is 12.1 Å². The highest BCUT2D eigenvalue weighted by molar-refractivity contribution is 5.72. The maximum atomic E-state index is 13.8. The summed E-state index contributed by atoms with van der Waals surface area (Å²) in [5.41, 5.74) is 10.5. The van der Waals surface area contributed by atoms with Gasteiger partial charge in [0.25, 0.3) is 0 Å². The lowest BCUT2D eigenvalue weighted by Gasteiger charge is -2.42. The summed E-state index contributed by atoms with van der Waals surface area (Å²) in [4.78, 5) is 2.21. The molecular formula is C20H23FN2O. The van der Waals surface area contributed by atoms with Gasteiger partial charge in [-0.05, 0) is 67.5 Å². The van der Waals surface area contributed by atoms with E-state index in [1.54, 1.807) is 6.07 Å². The van der Waals surface area contributed by atoms with E-state index in [0.29, 0.717) is 0 Å². The van der Waals surface area contributed by atoms with Crippen LogP contribution in [0.2, 0.25) is 0 Å². The molecule has 1 fully saturated rings. The second-order valence-electron chi connectivity index (χ2n) is 6.92. The molecule has 0 radical (unpaired) electrons. The van der Waals surface area contributed by atoms with Gasteiger partial charge in [0, 0.05) is 17.4 Å². The number of nitrogens with zero attached hydrogens (tertiary/aromatic N) is 1. The third-order valence-corrected chi connectivity index (χ3v) is 5.42. The number of benzene rings is 2. The van der Waals surface area contributed by atoms with Gasteiger partial charge in [-0.15, -0.1) is 0 Å². The van der Waals surface area contributed by atoms with Crippen molar-refractivity contribution in [1.82, 2.24) is 0 Å². The fourth-order valence-corrected chi connectivity index (χ4v) is 4.17. The van der Waals surface area contributed by atoms with Crippen LogP contribution in [-0.4, -0.2) is 23.3 Å². The first-order valence-electron chi connectivity index (χ1n) is 8.74. The Hall–Kier alpha value is -1.91. The first kappa shape index (κ1) is 15.6. The normalized spacial score (nSPS) is 26.5. The summed E-state index contributed by atoms with van der Waals surface area (Å²) < 4.78 is 13.8. The molecule has 3 atom stereocenters. The van der Waals surface area contributed by atoms with Crippen LogP contribution in [0.25, 0.3) is 0 Å². The van der Waals surface area contributed by atoms with E-state index in [1.165, 1.54) is 11.6 Å². The van der Waals surface area contributed by atoms with Crippen molar-refractivity contribution in [2.24, 2.45) is 5.73 Å². The highest BCUT2D eigenvalue weighted by atomic mass is 19.1. The summed E-state index contributed by atoms with van der Waals surface area (Å²) in [6, 6.07) is 13.0. The third kappa shape index (κ3) is 2.60. The molecule has 3 unspecified atom stereocenters. The van der Waals surface area contributed by atoms with E-state index in [2.05, 4.69) is 17.0 Å². The second kappa shape index (κ2) is 6.19. The third-order valence-electron chi connectivity index (χ3n) is 5.42. The molecule has 4 heteroatoms. The van der Waals surface area contributed by atoms with Crippen molar-refractivity contribution in [2.45, 2.75) is 50.3 Å². The van der Waals surface area contributed by atoms with Crippen LogP contribution >= 0.6 is 0 Å². The van der Waals surface area contributed by atoms with Gasteiger partial charge in [0.1, 0.15) is 5.82 Å². The standard InChI is InChI=1S/C20H23FN2O/c21-15-10-11-18-14(12-15)9-8-13-4-1-2-6-17(13)23(18)19-7-3-5-16(22)20(19)24/h1-2,4,6,10-12,16,19-20,24H,3,5,7-9,22H2. The lowest BCUT2D eigenvalue weighted by Crippen LogP contribution is -2.53. The highest BCUT2D eigenvalue weighted by Crippen LogP contribution is 2.40. The van der Waals surface area contributed by atoms with Gasteiger partial charge in [0.2, 0.25) is 0 Å². The Kier molecular flexibility index (Phi) is 4.02. The number of aliphatic hydroxyl groups is 1. The van der Waals surface area contributed by atoms with Crippen molar-refractivity contribution in [3.8, 4) is 0 Å². The van der Waals surface area contributed by atoms with Gasteiger partial charge in [0.15, 0.2) is 0 Å². The topological polar surface area (TPSA) is 49.5 Å². The zero-order chi connectivity index (χ0) is 16.7. The summed E-state index contributed by atoms with van der Waals surface area (Å²) in [7, 11) is 0. The molecule has 0 amide bonds. The fourth-order valence-electron chi connectivity index (χ4n) is 4.17. The Morgan fingerprint density at radius 1 is 1.00 bits per heavy atom. The van der Waals surface area contributed by atoms with E-state index >= 15 is 0 Å². The van der Waals surface area contributed by atoms with Crippen LogP contribution in [0.5, 0.6) is 0 Å². The lowest BCUT2D eigenvalue weighted by atomic mass is 9.86. The van der Waals surface area contributed by atoms with Crippen molar-refractivity contribution < 1.29 is 9.50 Å². The molecule has 3 N–H and O–H groups in total. The molecule has 1 aliphatic heterocycles. The fraction of sp³-hybridized carbons (Fsp3) is 0.400. The Labute approximate surface area is 141 Å². The summed E-state index contributed by atoms with van der Waals surface area (Å²) >= 11 is 0. The van der Waals surface area contributed by atoms with Gasteiger partial charge in [-0.3, -0.25) is 0 Å². The molecule has 0 bridgehead atoms. The molecule has 1 heterocycles. The average Bonchev–Trinajstić information content (AvgIpc) is 2.74. The zero-order valence-corrected chi connectivity index (χ0v) is 13.7. The van der Waals surface area contributed by atoms with Gasteiger partial charge in [-0.25, -0.2) is 4.39 Å². The number of hydrogen-bond donors (Lipinski definition) is 2. The molecule has 0 aromatic heterocycles. The summed E-state index contributed by atoms with van der Waals surface area (Å²) in [5, 5.41) is 10.7. The number of anilines is 2. The molecule has 1 aliphatic carbocycles. The van der Waals surface area contributed by atoms with Crippen LogP contribution in [0, 0.1) is 5.82 Å². The highest BCUT2D eigenvalue weighted by Gasteiger charge is 2.36. The maximum Gasteiger partial charge on any atom is 0.123 e.